The van der Waals surface area contributed by atoms with E-state index in [-0.39, 0.29) is 5.82 Å². The Hall–Kier alpha value is -4.10. The van der Waals surface area contributed by atoms with Gasteiger partial charge in [-0.05, 0) is 121 Å². The van der Waals surface area contributed by atoms with Crippen molar-refractivity contribution in [2.45, 2.75) is 119 Å². The van der Waals surface area contributed by atoms with Crippen molar-refractivity contribution < 1.29 is 28.9 Å². The number of carbonyl (C=O) groups is 2. The Labute approximate surface area is 301 Å². The standard InChI is InChI=1S/C40H56N3O6P/c1-11-13-15-30(26(3)20-22-41-34(14-12-2)43(37(45)48-39(5,6)7)38(46)49-40(8,9)10)36-31(21-23-47-36)27(4)42-25-28-16-19-33(50)32(24-28)35(44)29-17-18-29/h13-16,19-20,22,24,42,44H,11-12,17-18,21,23,25,50H2,1-10H3/b15-13+,26-20+,31-27+,34-14-,36-30-,41-22-. The molecule has 1 aromatic carbocycles. The molecule has 9 nitrogen and oxygen atoms in total. The van der Waals surface area contributed by atoms with Gasteiger partial charge in [-0.15, -0.1) is 9.24 Å². The molecule has 0 spiro atoms. The Morgan fingerprint density at radius 2 is 1.66 bits per heavy atom. The van der Waals surface area contributed by atoms with Gasteiger partial charge in [0.25, 0.3) is 0 Å². The van der Waals surface area contributed by atoms with Gasteiger partial charge in [-0.25, -0.2) is 14.6 Å². The minimum Gasteiger partial charge on any atom is -0.507 e. The molecule has 2 aliphatic rings. The molecule has 272 valence electrons. The van der Waals surface area contributed by atoms with Crippen LogP contribution in [0.5, 0.6) is 0 Å². The van der Waals surface area contributed by atoms with Gasteiger partial charge in [0.2, 0.25) is 0 Å². The molecule has 1 heterocycles. The van der Waals surface area contributed by atoms with Crippen LogP contribution in [-0.2, 0) is 20.8 Å². The summed E-state index contributed by atoms with van der Waals surface area (Å²) in [4.78, 5) is 31.9. The minimum absolute atomic E-state index is 0.107. The van der Waals surface area contributed by atoms with Crippen LogP contribution in [0.25, 0.3) is 5.76 Å². The van der Waals surface area contributed by atoms with Gasteiger partial charge in [-0.2, -0.15) is 4.90 Å². The number of hydrogen-bond acceptors (Lipinski definition) is 8. The second-order valence-electron chi connectivity index (χ2n) is 14.4. The largest absolute Gasteiger partial charge is 0.507 e. The average molecular weight is 706 g/mol. The van der Waals surface area contributed by atoms with Crippen LogP contribution < -0.4 is 10.6 Å². The van der Waals surface area contributed by atoms with Crippen molar-refractivity contribution in [2.75, 3.05) is 6.61 Å². The van der Waals surface area contributed by atoms with Gasteiger partial charge in [-0.1, -0.05) is 38.1 Å². The Balaban J connectivity index is 1.94. The number of amides is 2. The highest BCUT2D eigenvalue weighted by Crippen LogP contribution is 2.35. The van der Waals surface area contributed by atoms with Gasteiger partial charge in [-0.3, -0.25) is 0 Å². The number of allylic oxidation sites excluding steroid dienone is 9. The van der Waals surface area contributed by atoms with Crippen LogP contribution in [-0.4, -0.2) is 46.2 Å². The lowest BCUT2D eigenvalue weighted by atomic mass is 9.99. The zero-order valence-corrected chi connectivity index (χ0v) is 32.7. The van der Waals surface area contributed by atoms with Gasteiger partial charge < -0.3 is 24.6 Å². The highest BCUT2D eigenvalue weighted by atomic mass is 31.0. The third-order valence-electron chi connectivity index (χ3n) is 7.58. The monoisotopic (exact) mass is 705 g/mol. The molecule has 10 heteroatoms. The lowest BCUT2D eigenvalue weighted by Gasteiger charge is -2.28. The topological polar surface area (TPSA) is 110 Å². The van der Waals surface area contributed by atoms with E-state index in [4.69, 9.17) is 14.2 Å². The molecule has 1 aliphatic carbocycles. The Bertz CT molecular complexity index is 1610. The normalized spacial score (nSPS) is 17.5. The molecule has 1 saturated heterocycles. The summed E-state index contributed by atoms with van der Waals surface area (Å²) in [5.41, 5.74) is 5.29. The zero-order valence-electron chi connectivity index (χ0n) is 31.5. The summed E-state index contributed by atoms with van der Waals surface area (Å²) >= 11 is 0. The van der Waals surface area contributed by atoms with Crippen LogP contribution in [0.15, 0.2) is 87.1 Å². The maximum absolute atomic E-state index is 13.2. The molecule has 1 saturated carbocycles. The Kier molecular flexibility index (Phi) is 14.3. The molecule has 0 radical (unpaired) electrons. The van der Waals surface area contributed by atoms with E-state index in [1.54, 1.807) is 53.8 Å². The summed E-state index contributed by atoms with van der Waals surface area (Å²) in [6.45, 7) is 19.6. The maximum atomic E-state index is 13.2. The van der Waals surface area contributed by atoms with Gasteiger partial charge in [0.15, 0.2) is 0 Å². The minimum atomic E-state index is -0.868. The molecule has 0 aromatic heterocycles. The van der Waals surface area contributed by atoms with E-state index in [0.717, 1.165) is 80.8 Å². The molecular formula is C40H56N3O6P. The highest BCUT2D eigenvalue weighted by molar-refractivity contribution is 7.27. The number of benzene rings is 1. The van der Waals surface area contributed by atoms with E-state index in [0.29, 0.717) is 25.3 Å². The Morgan fingerprint density at radius 3 is 2.22 bits per heavy atom. The van der Waals surface area contributed by atoms with Gasteiger partial charge in [0, 0.05) is 41.6 Å². The number of carbonyl (C=O) groups excluding carboxylic acids is 2. The van der Waals surface area contributed by atoms with Crippen LogP contribution in [0.1, 0.15) is 112 Å². The quantitative estimate of drug-likeness (QED) is 0.134. The fourth-order valence-corrected chi connectivity index (χ4v) is 5.32. The Morgan fingerprint density at radius 1 is 1.02 bits per heavy atom. The number of aliphatic hydroxyl groups excluding tert-OH is 1. The first kappa shape index (κ1) is 40.3. The van der Waals surface area contributed by atoms with Crippen LogP contribution in [0, 0.1) is 0 Å². The van der Waals surface area contributed by atoms with Crippen LogP contribution >= 0.6 is 9.24 Å². The number of ether oxygens (including phenoxy) is 3. The van der Waals surface area contributed by atoms with Crippen molar-refractivity contribution in [3.63, 3.8) is 0 Å². The van der Waals surface area contributed by atoms with E-state index < -0.39 is 23.4 Å². The average Bonchev–Trinajstić information content (AvgIpc) is 3.75. The molecule has 3 rings (SSSR count). The van der Waals surface area contributed by atoms with Crippen LogP contribution in [0.3, 0.4) is 0 Å². The number of nitrogens with zero attached hydrogens (tertiary/aromatic N) is 2. The summed E-state index contributed by atoms with van der Waals surface area (Å²) < 4.78 is 17.3. The molecular weight excluding hydrogens is 649 g/mol. The number of aliphatic imine (C=N–C) groups is 1. The maximum Gasteiger partial charge on any atom is 0.425 e. The predicted octanol–water partition coefficient (Wildman–Crippen LogP) is 9.69. The fourth-order valence-electron chi connectivity index (χ4n) is 5.00. The van der Waals surface area contributed by atoms with Gasteiger partial charge >= 0.3 is 12.2 Å². The van der Waals surface area contributed by atoms with Crippen molar-refractivity contribution in [1.29, 1.82) is 0 Å². The van der Waals surface area contributed by atoms with Gasteiger partial charge in [0.1, 0.15) is 28.5 Å². The molecule has 1 aliphatic heterocycles. The highest BCUT2D eigenvalue weighted by Gasteiger charge is 2.34. The lowest BCUT2D eigenvalue weighted by molar-refractivity contribution is 0.00806. The van der Waals surface area contributed by atoms with Crippen molar-refractivity contribution in [2.24, 2.45) is 4.99 Å². The van der Waals surface area contributed by atoms with Crippen molar-refractivity contribution in [1.82, 2.24) is 10.2 Å². The second-order valence-corrected chi connectivity index (χ2v) is 15.0. The molecule has 2 N–H and O–H groups in total. The molecule has 1 atom stereocenters. The van der Waals surface area contributed by atoms with E-state index >= 15 is 0 Å². The first-order chi connectivity index (χ1) is 23.5. The van der Waals surface area contributed by atoms with Gasteiger partial charge in [0.05, 0.1) is 6.61 Å². The fraction of sp³-hybridized carbons (Fsp3) is 0.475. The number of imide groups is 1. The molecule has 0 bridgehead atoms. The first-order valence-electron chi connectivity index (χ1n) is 17.4. The molecule has 1 aromatic rings. The summed E-state index contributed by atoms with van der Waals surface area (Å²) in [6.07, 6.45) is 11.5. The van der Waals surface area contributed by atoms with E-state index in [2.05, 4.69) is 51.6 Å². The number of nitrogens with one attached hydrogen (secondary N) is 1. The smallest absolute Gasteiger partial charge is 0.425 e. The van der Waals surface area contributed by atoms with Crippen molar-refractivity contribution >= 4 is 38.7 Å². The van der Waals surface area contributed by atoms with E-state index in [9.17, 15) is 14.7 Å². The number of rotatable bonds is 11. The third kappa shape index (κ3) is 12.0. The molecule has 2 amide bonds. The second kappa shape index (κ2) is 17.7. The SMILES string of the molecule is CC\C=C(\N=C/C=C(C)/C(/C=C/CC)=C1\OCC\C1=C(\C)NCc1ccc(P)c(C(O)=C2CC2)c1)N(C(=O)OC(C)(C)C)C(=O)OC(C)(C)C. The first-order valence-corrected chi connectivity index (χ1v) is 18.0. The number of aliphatic hydroxyl groups is 1. The zero-order chi connectivity index (χ0) is 37.2. The predicted molar refractivity (Wildman–Crippen MR) is 206 cm³/mol. The summed E-state index contributed by atoms with van der Waals surface area (Å²) in [6, 6.07) is 6.14. The lowest BCUT2D eigenvalue weighted by Crippen LogP contribution is -2.42. The van der Waals surface area contributed by atoms with Crippen LogP contribution in [0.4, 0.5) is 9.59 Å². The number of hydrogen-bond donors (Lipinski definition) is 2. The van der Waals surface area contributed by atoms with Crippen molar-refractivity contribution in [3.05, 3.63) is 93.2 Å². The summed E-state index contributed by atoms with van der Waals surface area (Å²) in [5, 5.41) is 15.2. The van der Waals surface area contributed by atoms with E-state index in [1.165, 1.54) is 0 Å². The third-order valence-corrected chi connectivity index (χ3v) is 8.08. The molecule has 50 heavy (non-hydrogen) atoms. The summed E-state index contributed by atoms with van der Waals surface area (Å²) in [7, 11) is 2.72. The summed E-state index contributed by atoms with van der Waals surface area (Å²) in [5.74, 6) is 1.31. The van der Waals surface area contributed by atoms with Crippen LogP contribution in [0.2, 0.25) is 0 Å². The molecule has 1 unspecified atom stereocenters. The van der Waals surface area contributed by atoms with E-state index in [1.807, 2.05) is 32.1 Å². The van der Waals surface area contributed by atoms with Crippen molar-refractivity contribution in [3.8, 4) is 0 Å². The molecule has 2 fully saturated rings.